The summed E-state index contributed by atoms with van der Waals surface area (Å²) in [4.78, 5) is 25.3. The Labute approximate surface area is 192 Å². The predicted molar refractivity (Wildman–Crippen MR) is 124 cm³/mol. The summed E-state index contributed by atoms with van der Waals surface area (Å²) in [7, 11) is 0. The molecule has 2 amide bonds. The number of nitrogens with zero attached hydrogens (tertiary/aromatic N) is 1. The third-order valence-electron chi connectivity index (χ3n) is 8.98. The van der Waals surface area contributed by atoms with Crippen LogP contribution in [-0.4, -0.2) is 26.4 Å². The molecule has 3 saturated heterocycles. The lowest BCUT2D eigenvalue weighted by Gasteiger charge is -2.57. The average Bonchev–Trinajstić information content (AvgIpc) is 3.25. The number of thioether (sulfide) groups is 1. The Bertz CT molecular complexity index is 1140. The van der Waals surface area contributed by atoms with Crippen LogP contribution in [0, 0.1) is 24.7 Å². The molecule has 32 heavy (non-hydrogen) atoms. The number of rotatable bonds is 3. The van der Waals surface area contributed by atoms with E-state index in [-0.39, 0.29) is 27.9 Å². The molecule has 0 radical (unpaired) electrons. The number of benzene rings is 2. The van der Waals surface area contributed by atoms with E-state index in [0.717, 1.165) is 57.3 Å². The lowest BCUT2D eigenvalue weighted by Crippen LogP contribution is -2.50. The van der Waals surface area contributed by atoms with Crippen LogP contribution in [0.1, 0.15) is 61.3 Å². The van der Waals surface area contributed by atoms with Crippen molar-refractivity contribution in [3.63, 3.8) is 0 Å². The van der Waals surface area contributed by atoms with Crippen molar-refractivity contribution in [2.45, 2.75) is 62.2 Å². The van der Waals surface area contributed by atoms with E-state index in [1.807, 2.05) is 12.1 Å². The van der Waals surface area contributed by atoms with E-state index in [1.54, 1.807) is 0 Å². The van der Waals surface area contributed by atoms with Crippen molar-refractivity contribution >= 4 is 22.9 Å². The van der Waals surface area contributed by atoms with E-state index >= 15 is 0 Å². The van der Waals surface area contributed by atoms with Crippen LogP contribution in [0.25, 0.3) is 11.1 Å². The molecule has 164 valence electrons. The molecule has 3 heterocycles. The summed E-state index contributed by atoms with van der Waals surface area (Å²) < 4.78 is 0. The number of phenols is 1. The van der Waals surface area contributed by atoms with Crippen LogP contribution < -0.4 is 0 Å². The second-order valence-corrected chi connectivity index (χ2v) is 12.1. The first kappa shape index (κ1) is 19.2. The molecule has 0 spiro atoms. The molecule has 2 atom stereocenters. The normalized spacial score (nSPS) is 36.7. The quantitative estimate of drug-likeness (QED) is 0.593. The van der Waals surface area contributed by atoms with Crippen LogP contribution in [0.2, 0.25) is 0 Å². The number of carbonyl (C=O) groups excluding carboxylic acids is 2. The molecule has 2 unspecified atom stereocenters. The lowest BCUT2D eigenvalue weighted by molar-refractivity contribution is -0.137. The van der Waals surface area contributed by atoms with Gasteiger partial charge in [-0.1, -0.05) is 24.3 Å². The Hall–Kier alpha value is -2.27. The SMILES string of the molecule is Cc1cc(C2C3SC(=O)N2C3=O)ccc1-c1ccc(O)c(C23CC4CC(CC(C4)C2)C3)c1. The van der Waals surface area contributed by atoms with E-state index in [9.17, 15) is 14.7 Å². The van der Waals surface area contributed by atoms with Crippen LogP contribution in [-0.2, 0) is 10.2 Å². The first-order valence-corrected chi connectivity index (χ1v) is 12.8. The molecule has 1 N–H and O–H groups in total. The Morgan fingerprint density at radius 1 is 0.969 bits per heavy atom. The first-order chi connectivity index (χ1) is 15.4. The van der Waals surface area contributed by atoms with Gasteiger partial charge in [-0.15, -0.1) is 0 Å². The summed E-state index contributed by atoms with van der Waals surface area (Å²) in [6, 6.07) is 12.4. The number of amides is 2. The van der Waals surface area contributed by atoms with Gasteiger partial charge < -0.3 is 5.11 Å². The van der Waals surface area contributed by atoms with Crippen molar-refractivity contribution in [2.24, 2.45) is 17.8 Å². The average molecular weight is 446 g/mol. The Kier molecular flexibility index (Phi) is 3.85. The van der Waals surface area contributed by atoms with Gasteiger partial charge in [-0.05, 0) is 115 Å². The Balaban J connectivity index is 1.24. The van der Waals surface area contributed by atoms with E-state index < -0.39 is 0 Å². The molecule has 4 aliphatic carbocycles. The highest BCUT2D eigenvalue weighted by Gasteiger charge is 2.60. The molecule has 6 bridgehead atoms. The summed E-state index contributed by atoms with van der Waals surface area (Å²) in [5.41, 5.74) is 5.80. The Morgan fingerprint density at radius 2 is 1.66 bits per heavy atom. The maximum absolute atomic E-state index is 12.0. The topological polar surface area (TPSA) is 57.6 Å². The van der Waals surface area contributed by atoms with Crippen molar-refractivity contribution < 1.29 is 14.7 Å². The molecule has 7 aliphatic rings. The number of carbonyl (C=O) groups is 2. The minimum Gasteiger partial charge on any atom is -0.508 e. The van der Waals surface area contributed by atoms with Gasteiger partial charge >= 0.3 is 0 Å². The lowest BCUT2D eigenvalue weighted by atomic mass is 9.48. The van der Waals surface area contributed by atoms with E-state index in [1.165, 1.54) is 43.4 Å². The molecule has 2 aromatic carbocycles. The van der Waals surface area contributed by atoms with E-state index in [0.29, 0.717) is 5.75 Å². The summed E-state index contributed by atoms with van der Waals surface area (Å²) >= 11 is 1.15. The van der Waals surface area contributed by atoms with Crippen molar-refractivity contribution in [1.29, 1.82) is 0 Å². The summed E-state index contributed by atoms with van der Waals surface area (Å²) in [6.45, 7) is 2.10. The van der Waals surface area contributed by atoms with E-state index in [2.05, 4.69) is 31.2 Å². The maximum Gasteiger partial charge on any atom is 0.289 e. The molecule has 5 heteroatoms. The smallest absolute Gasteiger partial charge is 0.289 e. The number of aromatic hydroxyl groups is 1. The molecule has 4 saturated carbocycles. The van der Waals surface area contributed by atoms with Crippen molar-refractivity contribution in [3.05, 3.63) is 53.1 Å². The largest absolute Gasteiger partial charge is 0.508 e. The highest BCUT2D eigenvalue weighted by Crippen LogP contribution is 2.62. The minimum atomic E-state index is -0.246. The van der Waals surface area contributed by atoms with Gasteiger partial charge in [0.15, 0.2) is 0 Å². The maximum atomic E-state index is 12.0. The summed E-state index contributed by atoms with van der Waals surface area (Å²) in [5.74, 6) is 2.91. The Morgan fingerprint density at radius 3 is 2.22 bits per heavy atom. The molecular weight excluding hydrogens is 418 g/mol. The van der Waals surface area contributed by atoms with Gasteiger partial charge in [-0.2, -0.15) is 0 Å². The monoisotopic (exact) mass is 445 g/mol. The standard InChI is InChI=1S/C27H27NO3S/c1-14-6-19(23-24-25(30)28(23)26(31)32-24)2-4-20(14)18-3-5-22(29)21(10-18)27-11-15-7-16(12-27)9-17(8-15)13-27/h2-6,10,15-17,23-24,29H,7-9,11-13H2,1H3. The van der Waals surface area contributed by atoms with Crippen molar-refractivity contribution in [1.82, 2.24) is 4.90 Å². The van der Waals surface area contributed by atoms with Gasteiger partial charge in [0.2, 0.25) is 5.91 Å². The summed E-state index contributed by atoms with van der Waals surface area (Å²) in [6.07, 6.45) is 7.86. The third kappa shape index (κ3) is 2.52. The zero-order valence-corrected chi connectivity index (χ0v) is 19.0. The van der Waals surface area contributed by atoms with Crippen LogP contribution in [0.5, 0.6) is 5.75 Å². The number of β-lactam (4-membered cyclic amide) rings is 1. The molecule has 7 fully saturated rings. The molecule has 0 aromatic heterocycles. The fraction of sp³-hybridized carbons (Fsp3) is 0.481. The number of fused-ring (bicyclic) bond motifs is 1. The number of hydrogen-bond acceptors (Lipinski definition) is 4. The number of imide groups is 1. The molecule has 4 nitrogen and oxygen atoms in total. The fourth-order valence-electron chi connectivity index (χ4n) is 8.03. The number of hydrogen-bond donors (Lipinski definition) is 1. The third-order valence-corrected chi connectivity index (χ3v) is 10.1. The van der Waals surface area contributed by atoms with E-state index in [4.69, 9.17) is 0 Å². The molecular formula is C27H27NO3S. The van der Waals surface area contributed by atoms with Gasteiger partial charge in [0, 0.05) is 5.56 Å². The van der Waals surface area contributed by atoms with Gasteiger partial charge in [0.25, 0.3) is 5.24 Å². The number of phenolic OH excluding ortho intramolecular Hbond substituents is 1. The zero-order chi connectivity index (χ0) is 21.8. The van der Waals surface area contributed by atoms with Gasteiger partial charge in [-0.3, -0.25) is 14.5 Å². The van der Waals surface area contributed by atoms with Gasteiger partial charge in [0.1, 0.15) is 11.0 Å². The highest BCUT2D eigenvalue weighted by atomic mass is 32.2. The number of aryl methyl sites for hydroxylation is 1. The van der Waals surface area contributed by atoms with Crippen LogP contribution in [0.15, 0.2) is 36.4 Å². The fourth-order valence-corrected chi connectivity index (χ4v) is 9.19. The van der Waals surface area contributed by atoms with Gasteiger partial charge in [-0.25, -0.2) is 0 Å². The molecule has 2 aromatic rings. The molecule has 3 aliphatic heterocycles. The first-order valence-electron chi connectivity index (χ1n) is 11.9. The summed E-state index contributed by atoms with van der Waals surface area (Å²) in [5, 5.41) is 10.5. The highest BCUT2D eigenvalue weighted by molar-refractivity contribution is 8.15. The van der Waals surface area contributed by atoms with Crippen molar-refractivity contribution in [2.75, 3.05) is 0 Å². The van der Waals surface area contributed by atoms with Crippen molar-refractivity contribution in [3.8, 4) is 16.9 Å². The zero-order valence-electron chi connectivity index (χ0n) is 18.2. The second kappa shape index (κ2) is 6.40. The van der Waals surface area contributed by atoms with Crippen LogP contribution in [0.3, 0.4) is 0 Å². The second-order valence-electron chi connectivity index (χ2n) is 11.0. The predicted octanol–water partition coefficient (Wildman–Crippen LogP) is 5.95. The van der Waals surface area contributed by atoms with Crippen LogP contribution >= 0.6 is 11.8 Å². The van der Waals surface area contributed by atoms with Crippen LogP contribution in [0.4, 0.5) is 4.79 Å². The molecule has 9 rings (SSSR count). The minimum absolute atomic E-state index is 0.0505. The van der Waals surface area contributed by atoms with Gasteiger partial charge in [0.05, 0.1) is 6.04 Å².